The Labute approximate surface area is 159 Å². The van der Waals surface area contributed by atoms with Crippen LogP contribution in [0.5, 0.6) is 0 Å². The van der Waals surface area contributed by atoms with Gasteiger partial charge in [0.25, 0.3) is 5.91 Å². The highest BCUT2D eigenvalue weighted by Crippen LogP contribution is 2.39. The van der Waals surface area contributed by atoms with Gasteiger partial charge >= 0.3 is 11.9 Å². The Bertz CT molecular complexity index is 600. The first-order chi connectivity index (χ1) is 12.3. The zero-order chi connectivity index (χ0) is 21.0. The molecule has 0 heterocycles. The van der Waals surface area contributed by atoms with Crippen LogP contribution >= 0.6 is 0 Å². The molecule has 4 atom stereocenters. The summed E-state index contributed by atoms with van der Waals surface area (Å²) in [5.74, 6) is -3.61. The highest BCUT2D eigenvalue weighted by atomic mass is 16.5. The fourth-order valence-electron chi connectivity index (χ4n) is 3.51. The molecule has 1 aliphatic rings. The van der Waals surface area contributed by atoms with E-state index in [-0.39, 0.29) is 17.4 Å². The van der Waals surface area contributed by atoms with Crippen LogP contribution in [0.4, 0.5) is 0 Å². The van der Waals surface area contributed by atoms with E-state index in [0.29, 0.717) is 0 Å². The van der Waals surface area contributed by atoms with Crippen LogP contribution in [0.15, 0.2) is 0 Å². The van der Waals surface area contributed by atoms with Crippen molar-refractivity contribution in [1.82, 2.24) is 10.6 Å². The van der Waals surface area contributed by atoms with E-state index < -0.39 is 41.8 Å². The number of amides is 2. The second-order valence-corrected chi connectivity index (χ2v) is 8.29. The monoisotopic (exact) mass is 385 g/mol. The van der Waals surface area contributed by atoms with Gasteiger partial charge in [-0.1, -0.05) is 27.2 Å². The number of esters is 1. The Morgan fingerprint density at radius 2 is 1.78 bits per heavy atom. The van der Waals surface area contributed by atoms with Crippen LogP contribution in [-0.4, -0.2) is 53.6 Å². The Kier molecular flexibility index (Phi) is 7.36. The quantitative estimate of drug-likeness (QED) is 0.360. The number of carbonyl (C=O) groups is 4. The molecule has 0 aromatic rings. The average molecular weight is 385 g/mol. The van der Waals surface area contributed by atoms with E-state index in [1.807, 2.05) is 0 Å². The molecule has 9 nitrogen and oxygen atoms in total. The third-order valence-electron chi connectivity index (χ3n) is 5.10. The zero-order valence-electron chi connectivity index (χ0n) is 16.6. The van der Waals surface area contributed by atoms with Gasteiger partial charge in [0.05, 0.1) is 19.6 Å². The van der Waals surface area contributed by atoms with Crippen molar-refractivity contribution in [2.45, 2.75) is 71.0 Å². The van der Waals surface area contributed by atoms with E-state index in [9.17, 15) is 19.2 Å². The number of carbonyl (C=O) groups excluding carboxylic acids is 3. The summed E-state index contributed by atoms with van der Waals surface area (Å²) in [7, 11) is 1.10. The number of nitrogens with one attached hydrogen (secondary N) is 2. The normalized spacial score (nSPS) is 23.0. The Hall–Kier alpha value is -2.16. The fraction of sp³-hybridized carbons (Fsp3) is 0.778. The highest BCUT2D eigenvalue weighted by Gasteiger charge is 2.47. The van der Waals surface area contributed by atoms with E-state index in [4.69, 9.17) is 10.8 Å². The first-order valence-corrected chi connectivity index (χ1v) is 9.01. The molecule has 5 N–H and O–H groups in total. The Morgan fingerprint density at radius 3 is 2.26 bits per heavy atom. The van der Waals surface area contributed by atoms with Gasteiger partial charge < -0.3 is 26.2 Å². The van der Waals surface area contributed by atoms with Gasteiger partial charge in [-0.05, 0) is 31.1 Å². The van der Waals surface area contributed by atoms with E-state index in [2.05, 4.69) is 36.1 Å². The summed E-state index contributed by atoms with van der Waals surface area (Å²) in [5, 5.41) is 13.9. The largest absolute Gasteiger partial charge is 0.481 e. The van der Waals surface area contributed by atoms with Gasteiger partial charge in [0.1, 0.15) is 0 Å². The minimum Gasteiger partial charge on any atom is -0.481 e. The molecule has 154 valence electrons. The van der Waals surface area contributed by atoms with E-state index in [0.717, 1.165) is 26.4 Å². The molecular weight excluding hydrogens is 354 g/mol. The first kappa shape index (κ1) is 22.9. The number of hydrogen-bond acceptors (Lipinski definition) is 6. The molecule has 0 spiro atoms. The van der Waals surface area contributed by atoms with Crippen LogP contribution in [-0.2, 0) is 23.9 Å². The lowest BCUT2D eigenvalue weighted by Gasteiger charge is -2.35. The molecule has 0 radical (unpaired) electrons. The number of rotatable bonds is 7. The van der Waals surface area contributed by atoms with Gasteiger partial charge in [0, 0.05) is 6.04 Å². The molecule has 0 aliphatic heterocycles. The summed E-state index contributed by atoms with van der Waals surface area (Å²) in [6.07, 6.45) is 2.06. The van der Waals surface area contributed by atoms with E-state index >= 15 is 0 Å². The Morgan fingerprint density at radius 1 is 1.19 bits per heavy atom. The van der Waals surface area contributed by atoms with Crippen LogP contribution in [0.2, 0.25) is 0 Å². The second-order valence-electron chi connectivity index (χ2n) is 8.29. The minimum atomic E-state index is -2.01. The third kappa shape index (κ3) is 5.66. The third-order valence-corrected chi connectivity index (χ3v) is 5.10. The number of nitrogens with two attached hydrogens (primary N) is 1. The number of methoxy groups -OCH3 is 1. The van der Waals surface area contributed by atoms with Crippen molar-refractivity contribution in [2.24, 2.45) is 17.1 Å². The van der Waals surface area contributed by atoms with Gasteiger partial charge in [0.15, 0.2) is 0 Å². The maximum absolute atomic E-state index is 12.9. The maximum atomic E-state index is 12.9. The van der Waals surface area contributed by atoms with Gasteiger partial charge in [-0.3, -0.25) is 14.4 Å². The van der Waals surface area contributed by atoms with Crippen molar-refractivity contribution in [3.63, 3.8) is 0 Å². The van der Waals surface area contributed by atoms with Crippen molar-refractivity contribution < 1.29 is 29.0 Å². The topological polar surface area (TPSA) is 148 Å². The second kappa shape index (κ2) is 8.69. The van der Waals surface area contributed by atoms with E-state index in [1.165, 1.54) is 6.92 Å². The minimum absolute atomic E-state index is 0.0246. The van der Waals surface area contributed by atoms with Gasteiger partial charge in [0.2, 0.25) is 11.4 Å². The summed E-state index contributed by atoms with van der Waals surface area (Å²) in [6, 6.07) is -1.53. The van der Waals surface area contributed by atoms with Crippen LogP contribution in [0.3, 0.4) is 0 Å². The summed E-state index contributed by atoms with van der Waals surface area (Å²) >= 11 is 0. The van der Waals surface area contributed by atoms with E-state index in [1.54, 1.807) is 0 Å². The predicted molar refractivity (Wildman–Crippen MR) is 97.5 cm³/mol. The lowest BCUT2D eigenvalue weighted by molar-refractivity contribution is -0.156. The summed E-state index contributed by atoms with van der Waals surface area (Å²) in [6.45, 7) is 7.50. The van der Waals surface area contributed by atoms with Crippen molar-refractivity contribution in [1.29, 1.82) is 0 Å². The standard InChI is InChI=1S/C18H31N3O6/c1-17(2,3)10-7-6-8-12(10)20-15(25)18(4,16(26)27-5)21-14(24)11(19)9-13(22)23/h10-12H,6-9,19H2,1-5H3,(H,20,25)(H,21,24)(H,22,23)/t10?,11-,12?,18-/m0/s1. The van der Waals surface area contributed by atoms with Gasteiger partial charge in [-0.2, -0.15) is 0 Å². The van der Waals surface area contributed by atoms with Gasteiger partial charge in [-0.25, -0.2) is 4.79 Å². The number of ether oxygens (including phenoxy) is 1. The van der Waals surface area contributed by atoms with Crippen LogP contribution in [0, 0.1) is 11.3 Å². The number of carboxylic acids is 1. The molecule has 0 bridgehead atoms. The molecule has 1 saturated carbocycles. The number of aliphatic carboxylic acids is 1. The molecule has 0 saturated heterocycles. The van der Waals surface area contributed by atoms with Gasteiger partial charge in [-0.15, -0.1) is 0 Å². The molecule has 0 aromatic carbocycles. The predicted octanol–water partition coefficient (Wildman–Crippen LogP) is 0.167. The Balaban J connectivity index is 2.98. The highest BCUT2D eigenvalue weighted by molar-refractivity contribution is 6.10. The SMILES string of the molecule is COC(=O)[C@@](C)(NC(=O)[C@@H](N)CC(=O)O)C(=O)NC1CCCC1C(C)(C)C. The van der Waals surface area contributed by atoms with Crippen LogP contribution in [0.1, 0.15) is 53.4 Å². The molecule has 2 amide bonds. The molecule has 27 heavy (non-hydrogen) atoms. The van der Waals surface area contributed by atoms with Crippen LogP contribution < -0.4 is 16.4 Å². The fourth-order valence-corrected chi connectivity index (χ4v) is 3.51. The first-order valence-electron chi connectivity index (χ1n) is 9.01. The van der Waals surface area contributed by atoms with Crippen molar-refractivity contribution in [3.8, 4) is 0 Å². The summed E-state index contributed by atoms with van der Waals surface area (Å²) < 4.78 is 4.69. The molecule has 9 heteroatoms. The smallest absolute Gasteiger partial charge is 0.341 e. The molecule has 0 aromatic heterocycles. The number of hydrogen-bond donors (Lipinski definition) is 4. The summed E-state index contributed by atoms with van der Waals surface area (Å²) in [5.41, 5.74) is 3.50. The summed E-state index contributed by atoms with van der Waals surface area (Å²) in [4.78, 5) is 48.1. The van der Waals surface area contributed by atoms with Crippen molar-refractivity contribution in [3.05, 3.63) is 0 Å². The average Bonchev–Trinajstić information content (AvgIpc) is 3.01. The lowest BCUT2D eigenvalue weighted by Crippen LogP contribution is -2.65. The molecule has 1 aliphatic carbocycles. The lowest BCUT2D eigenvalue weighted by atomic mass is 9.77. The molecule has 1 rings (SSSR count). The molecular formula is C18H31N3O6. The number of carboxylic acid groups (broad SMARTS) is 1. The van der Waals surface area contributed by atoms with Crippen LogP contribution in [0.25, 0.3) is 0 Å². The van der Waals surface area contributed by atoms with Crippen molar-refractivity contribution >= 4 is 23.8 Å². The molecule has 1 fully saturated rings. The zero-order valence-corrected chi connectivity index (χ0v) is 16.6. The maximum Gasteiger partial charge on any atom is 0.341 e. The van der Waals surface area contributed by atoms with Crippen molar-refractivity contribution in [2.75, 3.05) is 7.11 Å². The molecule has 2 unspecified atom stereocenters.